The zero-order chi connectivity index (χ0) is 12.0. The molecule has 1 unspecified atom stereocenters. The summed E-state index contributed by atoms with van der Waals surface area (Å²) in [6, 6.07) is 0. The lowest BCUT2D eigenvalue weighted by molar-refractivity contribution is -0.151. The summed E-state index contributed by atoms with van der Waals surface area (Å²) in [4.78, 5) is 13.8. The van der Waals surface area contributed by atoms with Crippen LogP contribution in [0.4, 0.5) is 0 Å². The van der Waals surface area contributed by atoms with Crippen LogP contribution in [-0.2, 0) is 9.53 Å². The largest absolute Gasteiger partial charge is 0.461 e. The highest BCUT2D eigenvalue weighted by atomic mass is 16.5. The summed E-state index contributed by atoms with van der Waals surface area (Å²) in [5, 5.41) is 3.32. The Morgan fingerprint density at radius 2 is 2.06 bits per heavy atom. The lowest BCUT2D eigenvalue weighted by atomic mass is 10.1. The quantitative estimate of drug-likeness (QED) is 0.725. The van der Waals surface area contributed by atoms with Gasteiger partial charge in [-0.25, -0.2) is 0 Å². The van der Waals surface area contributed by atoms with Crippen LogP contribution in [-0.4, -0.2) is 49.7 Å². The number of rotatable bonds is 4. The Balaban J connectivity index is 2.26. The fourth-order valence-electron chi connectivity index (χ4n) is 1.62. The van der Waals surface area contributed by atoms with Crippen LogP contribution in [0, 0.1) is 5.92 Å². The minimum Gasteiger partial charge on any atom is -0.461 e. The molecule has 94 valence electrons. The summed E-state index contributed by atoms with van der Waals surface area (Å²) < 4.78 is 5.35. The molecule has 4 nitrogen and oxygen atoms in total. The highest BCUT2D eigenvalue weighted by Gasteiger charge is 2.17. The fourth-order valence-corrected chi connectivity index (χ4v) is 1.62. The predicted octanol–water partition coefficient (Wildman–Crippen LogP) is 0.869. The Morgan fingerprint density at radius 1 is 1.31 bits per heavy atom. The molecule has 1 rings (SSSR count). The fraction of sp³-hybridized carbons (Fsp3) is 0.917. The molecule has 0 spiro atoms. The van der Waals surface area contributed by atoms with Gasteiger partial charge in [0.1, 0.15) is 6.10 Å². The summed E-state index contributed by atoms with van der Waals surface area (Å²) in [6.45, 7) is 10.4. The van der Waals surface area contributed by atoms with Gasteiger partial charge in [-0.1, -0.05) is 13.8 Å². The molecule has 1 fully saturated rings. The van der Waals surface area contributed by atoms with Crippen LogP contribution in [0.25, 0.3) is 0 Å². The van der Waals surface area contributed by atoms with Crippen LogP contribution in [0.3, 0.4) is 0 Å². The Hall–Kier alpha value is -0.610. The van der Waals surface area contributed by atoms with Crippen molar-refractivity contribution >= 4 is 5.97 Å². The number of esters is 1. The number of nitrogens with zero attached hydrogens (tertiary/aromatic N) is 1. The number of carbonyl (C=O) groups excluding carboxylic acids is 1. The Kier molecular flexibility index (Phi) is 5.77. The van der Waals surface area contributed by atoms with Gasteiger partial charge in [-0.15, -0.1) is 0 Å². The molecule has 0 aromatic heterocycles. The van der Waals surface area contributed by atoms with Gasteiger partial charge < -0.3 is 10.1 Å². The summed E-state index contributed by atoms with van der Waals surface area (Å²) in [6.07, 6.45) is 1.12. The molecule has 0 amide bonds. The molecule has 1 aliphatic rings. The van der Waals surface area contributed by atoms with Gasteiger partial charge in [-0.3, -0.25) is 9.69 Å². The van der Waals surface area contributed by atoms with Gasteiger partial charge in [0.15, 0.2) is 0 Å². The van der Waals surface area contributed by atoms with Crippen LogP contribution >= 0.6 is 0 Å². The Bertz CT molecular complexity index is 211. The van der Waals surface area contributed by atoms with E-state index >= 15 is 0 Å². The van der Waals surface area contributed by atoms with E-state index in [1.807, 2.05) is 6.92 Å². The molecule has 1 aliphatic heterocycles. The first-order valence-corrected chi connectivity index (χ1v) is 6.22. The molecule has 0 radical (unpaired) electrons. The third-order valence-corrected chi connectivity index (χ3v) is 3.04. The number of nitrogens with one attached hydrogen (secondary N) is 1. The monoisotopic (exact) mass is 228 g/mol. The molecule has 1 atom stereocenters. The van der Waals surface area contributed by atoms with Gasteiger partial charge in [0.05, 0.1) is 6.54 Å². The molecule has 0 aromatic carbocycles. The van der Waals surface area contributed by atoms with E-state index < -0.39 is 0 Å². The van der Waals surface area contributed by atoms with Crippen molar-refractivity contribution in [2.24, 2.45) is 5.92 Å². The normalized spacial score (nSPS) is 20.5. The van der Waals surface area contributed by atoms with Crippen molar-refractivity contribution in [1.82, 2.24) is 10.2 Å². The van der Waals surface area contributed by atoms with E-state index in [0.29, 0.717) is 12.5 Å². The van der Waals surface area contributed by atoms with Crippen LogP contribution in [0.5, 0.6) is 0 Å². The van der Waals surface area contributed by atoms with Gasteiger partial charge in [-0.2, -0.15) is 0 Å². The summed E-state index contributed by atoms with van der Waals surface area (Å²) >= 11 is 0. The van der Waals surface area contributed by atoms with E-state index in [1.165, 1.54) is 0 Å². The molecule has 0 aromatic rings. The van der Waals surface area contributed by atoms with E-state index in [1.54, 1.807) is 0 Å². The van der Waals surface area contributed by atoms with E-state index in [0.717, 1.165) is 32.6 Å². The van der Waals surface area contributed by atoms with Crippen molar-refractivity contribution in [2.75, 3.05) is 32.7 Å². The average Bonchev–Trinajstić information content (AvgIpc) is 2.45. The lowest BCUT2D eigenvalue weighted by Crippen LogP contribution is -2.35. The molecule has 1 saturated heterocycles. The maximum atomic E-state index is 11.7. The Labute approximate surface area is 98.3 Å². The van der Waals surface area contributed by atoms with Crippen molar-refractivity contribution in [3.63, 3.8) is 0 Å². The first-order valence-electron chi connectivity index (χ1n) is 6.22. The molecule has 1 heterocycles. The first-order chi connectivity index (χ1) is 7.59. The minimum atomic E-state index is -0.0944. The summed E-state index contributed by atoms with van der Waals surface area (Å²) in [5.41, 5.74) is 0. The minimum absolute atomic E-state index is 0.0117. The van der Waals surface area contributed by atoms with Gasteiger partial charge in [0, 0.05) is 13.1 Å². The molecule has 4 heteroatoms. The van der Waals surface area contributed by atoms with E-state index in [9.17, 15) is 4.79 Å². The number of carbonyl (C=O) groups is 1. The number of hydrogen-bond donors (Lipinski definition) is 1. The maximum absolute atomic E-state index is 11.7. The van der Waals surface area contributed by atoms with Crippen LogP contribution in [0.1, 0.15) is 27.2 Å². The molecule has 16 heavy (non-hydrogen) atoms. The van der Waals surface area contributed by atoms with E-state index in [4.69, 9.17) is 4.74 Å². The number of hydrogen-bond acceptors (Lipinski definition) is 4. The van der Waals surface area contributed by atoms with Crippen LogP contribution in [0.15, 0.2) is 0 Å². The van der Waals surface area contributed by atoms with Crippen LogP contribution < -0.4 is 5.32 Å². The highest BCUT2D eigenvalue weighted by Crippen LogP contribution is 2.06. The average molecular weight is 228 g/mol. The summed E-state index contributed by atoms with van der Waals surface area (Å²) in [5.74, 6) is 0.290. The molecular weight excluding hydrogens is 204 g/mol. The first kappa shape index (κ1) is 13.5. The SMILES string of the molecule is CC(C)C(C)OC(=O)CN1CCCNCC1. The molecule has 1 N–H and O–H groups in total. The second-order valence-electron chi connectivity index (χ2n) is 4.82. The molecule has 0 saturated carbocycles. The molecule has 0 aliphatic carbocycles. The molecule has 0 bridgehead atoms. The lowest BCUT2D eigenvalue weighted by Gasteiger charge is -2.21. The standard InChI is InChI=1S/C12H24N2O2/c1-10(2)11(3)16-12(15)9-14-7-4-5-13-6-8-14/h10-11,13H,4-9H2,1-3H3. The third kappa shape index (κ3) is 4.94. The van der Waals surface area contributed by atoms with Crippen molar-refractivity contribution in [2.45, 2.75) is 33.3 Å². The summed E-state index contributed by atoms with van der Waals surface area (Å²) in [7, 11) is 0. The maximum Gasteiger partial charge on any atom is 0.320 e. The van der Waals surface area contributed by atoms with Crippen molar-refractivity contribution in [3.8, 4) is 0 Å². The predicted molar refractivity (Wildman–Crippen MR) is 64.3 cm³/mol. The zero-order valence-electron chi connectivity index (χ0n) is 10.7. The van der Waals surface area contributed by atoms with Gasteiger partial charge in [0.2, 0.25) is 0 Å². The van der Waals surface area contributed by atoms with E-state index in [2.05, 4.69) is 24.1 Å². The van der Waals surface area contributed by atoms with Gasteiger partial charge in [-0.05, 0) is 32.4 Å². The van der Waals surface area contributed by atoms with Gasteiger partial charge >= 0.3 is 5.97 Å². The van der Waals surface area contributed by atoms with Crippen molar-refractivity contribution < 1.29 is 9.53 Å². The Morgan fingerprint density at radius 3 is 2.75 bits per heavy atom. The smallest absolute Gasteiger partial charge is 0.320 e. The van der Waals surface area contributed by atoms with Crippen LogP contribution in [0.2, 0.25) is 0 Å². The highest BCUT2D eigenvalue weighted by molar-refractivity contribution is 5.71. The molecular formula is C12H24N2O2. The van der Waals surface area contributed by atoms with Gasteiger partial charge in [0.25, 0.3) is 0 Å². The number of ether oxygens (including phenoxy) is 1. The second-order valence-corrected chi connectivity index (χ2v) is 4.82. The van der Waals surface area contributed by atoms with E-state index in [-0.39, 0.29) is 12.1 Å². The zero-order valence-corrected chi connectivity index (χ0v) is 10.7. The second kappa shape index (κ2) is 6.86. The topological polar surface area (TPSA) is 41.6 Å². The van der Waals surface area contributed by atoms with Crippen molar-refractivity contribution in [1.29, 1.82) is 0 Å². The van der Waals surface area contributed by atoms with Crippen molar-refractivity contribution in [3.05, 3.63) is 0 Å². The third-order valence-electron chi connectivity index (χ3n) is 3.04.